The van der Waals surface area contributed by atoms with E-state index in [9.17, 15) is 13.2 Å². The van der Waals surface area contributed by atoms with E-state index in [0.717, 1.165) is 48.5 Å². The largest absolute Gasteiger partial charge is 0.492 e. The summed E-state index contributed by atoms with van der Waals surface area (Å²) in [6, 6.07) is 11.1. The standard InChI is InChI=1S/C23H29ClN2O4S.ClH/c1-25-31(28,29)22-16-19(15-18-11-14-30-23(18)22)21(27)9-5-6-12-26(2)13-10-17-7-3-4-8-20(17)24;/h3-4,7-8,15-16,25H,5-6,9-14H2,1-2H3;1H. The summed E-state index contributed by atoms with van der Waals surface area (Å²) in [5, 5.41) is 0.792. The molecule has 2 aromatic carbocycles. The van der Waals surface area contributed by atoms with Crippen molar-refractivity contribution >= 4 is 39.8 Å². The van der Waals surface area contributed by atoms with Crippen molar-refractivity contribution in [3.63, 3.8) is 0 Å². The highest BCUT2D eigenvalue weighted by Crippen LogP contribution is 2.34. The molecule has 0 spiro atoms. The maximum Gasteiger partial charge on any atom is 0.244 e. The Morgan fingerprint density at radius 3 is 2.66 bits per heavy atom. The highest BCUT2D eigenvalue weighted by Gasteiger charge is 2.26. The fourth-order valence-electron chi connectivity index (χ4n) is 3.68. The number of Topliss-reactive ketones (excluding diaryl/α,β-unsaturated/α-hetero) is 1. The summed E-state index contributed by atoms with van der Waals surface area (Å²) >= 11 is 6.21. The number of hydrogen-bond acceptors (Lipinski definition) is 5. The van der Waals surface area contributed by atoms with Gasteiger partial charge >= 0.3 is 0 Å². The van der Waals surface area contributed by atoms with Gasteiger partial charge in [-0.25, -0.2) is 13.1 Å². The van der Waals surface area contributed by atoms with E-state index in [-0.39, 0.29) is 23.1 Å². The van der Waals surface area contributed by atoms with Crippen LogP contribution in [0.1, 0.15) is 40.7 Å². The molecular weight excluding hydrogens is 471 g/mol. The van der Waals surface area contributed by atoms with Crippen LogP contribution in [0.15, 0.2) is 41.3 Å². The lowest BCUT2D eigenvalue weighted by Gasteiger charge is -2.17. The van der Waals surface area contributed by atoms with E-state index in [1.807, 2.05) is 24.3 Å². The maximum absolute atomic E-state index is 12.7. The predicted octanol–water partition coefficient (Wildman–Crippen LogP) is 4.13. The third-order valence-electron chi connectivity index (χ3n) is 5.54. The van der Waals surface area contributed by atoms with Gasteiger partial charge in [0.05, 0.1) is 6.61 Å². The predicted molar refractivity (Wildman–Crippen MR) is 130 cm³/mol. The zero-order valence-corrected chi connectivity index (χ0v) is 20.8. The molecule has 0 unspecified atom stereocenters. The van der Waals surface area contributed by atoms with Gasteiger partial charge in [-0.3, -0.25) is 4.79 Å². The van der Waals surface area contributed by atoms with Crippen LogP contribution in [0.2, 0.25) is 5.02 Å². The monoisotopic (exact) mass is 500 g/mol. The lowest BCUT2D eigenvalue weighted by molar-refractivity contribution is 0.0978. The molecule has 176 valence electrons. The number of rotatable bonds is 11. The molecule has 0 aliphatic carbocycles. The van der Waals surface area contributed by atoms with Gasteiger partial charge in [0.15, 0.2) is 5.78 Å². The van der Waals surface area contributed by atoms with Crippen LogP contribution >= 0.6 is 24.0 Å². The number of carbonyl (C=O) groups is 1. The van der Waals surface area contributed by atoms with Crippen molar-refractivity contribution in [2.75, 3.05) is 33.8 Å². The van der Waals surface area contributed by atoms with E-state index in [2.05, 4.69) is 16.7 Å². The van der Waals surface area contributed by atoms with Crippen LogP contribution in [-0.4, -0.2) is 52.9 Å². The van der Waals surface area contributed by atoms with Crippen molar-refractivity contribution in [3.05, 3.63) is 58.1 Å². The molecule has 1 aliphatic rings. The Kier molecular flexibility index (Phi) is 9.98. The number of nitrogens with zero attached hydrogens (tertiary/aromatic N) is 1. The SMILES string of the molecule is CNS(=O)(=O)c1cc(C(=O)CCCCN(C)CCc2ccccc2Cl)cc2c1OCC2.Cl. The molecule has 0 radical (unpaired) electrons. The van der Waals surface area contributed by atoms with E-state index in [4.69, 9.17) is 16.3 Å². The number of ketones is 1. The minimum absolute atomic E-state index is 0. The van der Waals surface area contributed by atoms with Crippen molar-refractivity contribution in [1.82, 2.24) is 9.62 Å². The first-order valence-corrected chi connectivity index (χ1v) is 12.4. The third-order valence-corrected chi connectivity index (χ3v) is 7.33. The van der Waals surface area contributed by atoms with Gasteiger partial charge in [0.1, 0.15) is 10.6 Å². The van der Waals surface area contributed by atoms with E-state index in [1.54, 1.807) is 6.07 Å². The second-order valence-corrected chi connectivity index (χ2v) is 10.1. The van der Waals surface area contributed by atoms with Gasteiger partial charge in [-0.1, -0.05) is 29.8 Å². The average Bonchev–Trinajstić information content (AvgIpc) is 3.24. The zero-order chi connectivity index (χ0) is 22.4. The average molecular weight is 501 g/mol. The molecular formula is C23H30Cl2N2O4S. The third kappa shape index (κ3) is 6.68. The normalized spacial score (nSPS) is 12.9. The number of unbranched alkanes of at least 4 members (excludes halogenated alkanes) is 1. The highest BCUT2D eigenvalue weighted by molar-refractivity contribution is 7.89. The topological polar surface area (TPSA) is 75.7 Å². The quantitative estimate of drug-likeness (QED) is 0.370. The molecule has 32 heavy (non-hydrogen) atoms. The second-order valence-electron chi connectivity index (χ2n) is 7.79. The Hall–Kier alpha value is -1.64. The first-order valence-electron chi connectivity index (χ1n) is 10.5. The van der Waals surface area contributed by atoms with E-state index in [1.165, 1.54) is 13.1 Å². The highest BCUT2D eigenvalue weighted by atomic mass is 35.5. The molecule has 0 fully saturated rings. The number of likely N-dealkylation sites (N-methyl/N-ethyl adjacent to an activating group) is 1. The molecule has 0 amide bonds. The zero-order valence-electron chi connectivity index (χ0n) is 18.4. The fourth-order valence-corrected chi connectivity index (χ4v) is 4.85. The molecule has 0 saturated carbocycles. The Morgan fingerprint density at radius 2 is 1.94 bits per heavy atom. The number of benzene rings is 2. The number of hydrogen-bond donors (Lipinski definition) is 1. The van der Waals surface area contributed by atoms with Crippen molar-refractivity contribution in [2.24, 2.45) is 0 Å². The van der Waals surface area contributed by atoms with Gasteiger partial charge in [-0.05, 0) is 69.2 Å². The van der Waals surface area contributed by atoms with Crippen LogP contribution in [0.5, 0.6) is 5.75 Å². The minimum atomic E-state index is -3.69. The summed E-state index contributed by atoms with van der Waals surface area (Å²) < 4.78 is 32.5. The van der Waals surface area contributed by atoms with Crippen LogP contribution < -0.4 is 9.46 Å². The van der Waals surface area contributed by atoms with Crippen LogP contribution in [0, 0.1) is 0 Å². The molecule has 3 rings (SSSR count). The van der Waals surface area contributed by atoms with Crippen LogP contribution in [0.4, 0.5) is 0 Å². The van der Waals surface area contributed by atoms with Gasteiger partial charge in [-0.2, -0.15) is 0 Å². The molecule has 1 aliphatic heterocycles. The molecule has 1 N–H and O–H groups in total. The van der Waals surface area contributed by atoms with Gasteiger partial charge < -0.3 is 9.64 Å². The van der Waals surface area contributed by atoms with E-state index < -0.39 is 10.0 Å². The summed E-state index contributed by atoms with van der Waals surface area (Å²) in [5.74, 6) is 0.326. The van der Waals surface area contributed by atoms with Crippen molar-refractivity contribution in [1.29, 1.82) is 0 Å². The van der Waals surface area contributed by atoms with Crippen molar-refractivity contribution < 1.29 is 17.9 Å². The summed E-state index contributed by atoms with van der Waals surface area (Å²) in [6.07, 6.45) is 3.52. The van der Waals surface area contributed by atoms with Crippen LogP contribution in [0.3, 0.4) is 0 Å². The molecule has 0 saturated heterocycles. The Bertz CT molecular complexity index is 1040. The van der Waals surface area contributed by atoms with Crippen LogP contribution in [0.25, 0.3) is 0 Å². The smallest absolute Gasteiger partial charge is 0.244 e. The minimum Gasteiger partial charge on any atom is -0.492 e. The van der Waals surface area contributed by atoms with E-state index >= 15 is 0 Å². The number of carbonyl (C=O) groups excluding carboxylic acids is 1. The molecule has 0 aromatic heterocycles. The second kappa shape index (κ2) is 12.0. The molecule has 1 heterocycles. The first-order chi connectivity index (χ1) is 14.8. The molecule has 0 bridgehead atoms. The van der Waals surface area contributed by atoms with Crippen LogP contribution in [-0.2, 0) is 22.9 Å². The van der Waals surface area contributed by atoms with Crippen molar-refractivity contribution in [2.45, 2.75) is 37.0 Å². The fraction of sp³-hybridized carbons (Fsp3) is 0.435. The van der Waals surface area contributed by atoms with Gasteiger partial charge in [0, 0.05) is 30.0 Å². The molecule has 9 heteroatoms. The molecule has 2 aromatic rings. The summed E-state index contributed by atoms with van der Waals surface area (Å²) in [4.78, 5) is 15.0. The molecule has 0 atom stereocenters. The lowest BCUT2D eigenvalue weighted by atomic mass is 10.0. The lowest BCUT2D eigenvalue weighted by Crippen LogP contribution is -2.22. The maximum atomic E-state index is 12.7. The number of ether oxygens (including phenoxy) is 1. The van der Waals surface area contributed by atoms with Crippen molar-refractivity contribution in [3.8, 4) is 5.75 Å². The summed E-state index contributed by atoms with van der Waals surface area (Å²) in [5.41, 5.74) is 2.35. The van der Waals surface area contributed by atoms with E-state index in [0.29, 0.717) is 30.8 Å². The summed E-state index contributed by atoms with van der Waals surface area (Å²) in [6.45, 7) is 2.21. The number of nitrogens with one attached hydrogen (secondary N) is 1. The van der Waals surface area contributed by atoms with Gasteiger partial charge in [-0.15, -0.1) is 12.4 Å². The Balaban J connectivity index is 0.00000363. The summed E-state index contributed by atoms with van der Waals surface area (Å²) in [7, 11) is -0.273. The number of halogens is 2. The van der Waals surface area contributed by atoms with Gasteiger partial charge in [0.25, 0.3) is 0 Å². The number of fused-ring (bicyclic) bond motifs is 1. The first kappa shape index (κ1) is 26.6. The van der Waals surface area contributed by atoms with Gasteiger partial charge in [0.2, 0.25) is 10.0 Å². The Labute approximate surface area is 201 Å². The Morgan fingerprint density at radius 1 is 1.19 bits per heavy atom. The number of sulfonamides is 1. The molecule has 6 nitrogen and oxygen atoms in total.